The molecular weight excluding hydrogens is 448 g/mol. The van der Waals surface area contributed by atoms with Crippen LogP contribution in [0.15, 0.2) is 12.1 Å². The Balaban J connectivity index is 2.25. The number of halogens is 2. The van der Waals surface area contributed by atoms with Crippen LogP contribution in [0.2, 0.25) is 0 Å². The summed E-state index contributed by atoms with van der Waals surface area (Å²) in [6.45, 7) is -0.0550. The van der Waals surface area contributed by atoms with Gasteiger partial charge in [0.25, 0.3) is 5.91 Å². The zero-order valence-electron chi connectivity index (χ0n) is 8.83. The maximum Gasteiger partial charge on any atom is 0.255 e. The van der Waals surface area contributed by atoms with Crippen LogP contribution in [-0.4, -0.2) is 28.3 Å². The summed E-state index contributed by atoms with van der Waals surface area (Å²) in [7, 11) is 0. The molecule has 1 aliphatic rings. The Bertz CT molecular complexity index is 472. The minimum atomic E-state index is -0.462. The van der Waals surface area contributed by atoms with E-state index in [0.717, 1.165) is 16.4 Å². The van der Waals surface area contributed by atoms with Gasteiger partial charge in [0.2, 0.25) is 0 Å². The average Bonchev–Trinajstić information content (AvgIpc) is 3.03. The third-order valence-corrected chi connectivity index (χ3v) is 4.25. The van der Waals surface area contributed by atoms with Gasteiger partial charge in [-0.1, -0.05) is 0 Å². The van der Waals surface area contributed by atoms with E-state index < -0.39 is 5.54 Å². The van der Waals surface area contributed by atoms with Gasteiger partial charge in [-0.15, -0.1) is 0 Å². The fourth-order valence-electron chi connectivity index (χ4n) is 1.52. The predicted molar refractivity (Wildman–Crippen MR) is 80.1 cm³/mol. The number of rotatable bonds is 3. The number of hydrogen-bond donors (Lipinski definition) is 3. The molecule has 4 nitrogen and oxygen atoms in total. The molecule has 1 saturated carbocycles. The Morgan fingerprint density at radius 3 is 2.59 bits per heavy atom. The molecule has 6 heteroatoms. The summed E-state index contributed by atoms with van der Waals surface area (Å²) in [5.41, 5.74) is -0.197. The number of nitrogens with one attached hydrogen (secondary N) is 1. The number of benzene rings is 1. The second kappa shape index (κ2) is 4.88. The van der Waals surface area contributed by atoms with Crippen LogP contribution in [0.3, 0.4) is 0 Å². The zero-order chi connectivity index (χ0) is 12.6. The fourth-order valence-corrected chi connectivity index (χ4v) is 3.37. The number of aromatic hydroxyl groups is 1. The first kappa shape index (κ1) is 13.3. The van der Waals surface area contributed by atoms with E-state index in [2.05, 4.69) is 27.9 Å². The van der Waals surface area contributed by atoms with Gasteiger partial charge < -0.3 is 15.5 Å². The van der Waals surface area contributed by atoms with Gasteiger partial charge in [-0.3, -0.25) is 4.79 Å². The first-order chi connectivity index (χ1) is 7.97. The quantitative estimate of drug-likeness (QED) is 0.605. The van der Waals surface area contributed by atoms with Crippen molar-refractivity contribution in [2.75, 3.05) is 6.61 Å². The summed E-state index contributed by atoms with van der Waals surface area (Å²) in [6, 6.07) is 3.44. The molecule has 0 spiro atoms. The van der Waals surface area contributed by atoms with Crippen LogP contribution in [0, 0.1) is 7.14 Å². The summed E-state index contributed by atoms with van der Waals surface area (Å²) in [5.74, 6) is -0.331. The van der Waals surface area contributed by atoms with E-state index in [1.165, 1.54) is 0 Å². The van der Waals surface area contributed by atoms with Gasteiger partial charge in [0.15, 0.2) is 0 Å². The number of amides is 1. The highest BCUT2D eigenvalue weighted by atomic mass is 127. The number of phenolic OH excluding ortho intramolecular Hbond substituents is 1. The summed E-state index contributed by atoms with van der Waals surface area (Å²) >= 11 is 4.08. The van der Waals surface area contributed by atoms with Crippen molar-refractivity contribution in [1.82, 2.24) is 5.32 Å². The topological polar surface area (TPSA) is 69.6 Å². The van der Waals surface area contributed by atoms with Crippen molar-refractivity contribution in [3.8, 4) is 5.75 Å². The maximum absolute atomic E-state index is 12.0. The van der Waals surface area contributed by atoms with Crippen LogP contribution in [0.25, 0.3) is 0 Å². The van der Waals surface area contributed by atoms with Gasteiger partial charge >= 0.3 is 0 Å². The molecule has 0 unspecified atom stereocenters. The van der Waals surface area contributed by atoms with Crippen LogP contribution in [0.5, 0.6) is 5.75 Å². The average molecular weight is 459 g/mol. The summed E-state index contributed by atoms with van der Waals surface area (Å²) < 4.78 is 1.54. The number of aliphatic hydroxyl groups excluding tert-OH is 1. The van der Waals surface area contributed by atoms with Crippen molar-refractivity contribution < 1.29 is 15.0 Å². The maximum atomic E-state index is 12.0. The molecule has 0 saturated heterocycles. The first-order valence-electron chi connectivity index (χ1n) is 5.09. The second-order valence-electron chi connectivity index (χ2n) is 4.18. The standard InChI is InChI=1S/C11H11I2NO3/c12-6-3-7(9(16)8(13)4-6)10(17)14-11(5-15)1-2-11/h3-4,15-16H,1-2,5H2,(H,14,17). The lowest BCUT2D eigenvalue weighted by Gasteiger charge is -2.15. The Morgan fingerprint density at radius 2 is 2.06 bits per heavy atom. The van der Waals surface area contributed by atoms with E-state index >= 15 is 0 Å². The monoisotopic (exact) mass is 459 g/mol. The van der Waals surface area contributed by atoms with E-state index in [1.54, 1.807) is 12.1 Å². The van der Waals surface area contributed by atoms with Crippen molar-refractivity contribution in [1.29, 1.82) is 0 Å². The highest BCUT2D eigenvalue weighted by Gasteiger charge is 2.43. The van der Waals surface area contributed by atoms with Crippen molar-refractivity contribution in [2.45, 2.75) is 18.4 Å². The van der Waals surface area contributed by atoms with Gasteiger partial charge in [0.1, 0.15) is 5.75 Å². The SMILES string of the molecule is O=C(NC1(CO)CC1)c1cc(I)cc(I)c1O. The molecular formula is C11H11I2NO3. The molecule has 0 heterocycles. The zero-order valence-corrected chi connectivity index (χ0v) is 13.1. The number of phenols is 1. The summed E-state index contributed by atoms with van der Waals surface area (Å²) in [5, 5.41) is 21.8. The molecule has 3 N–H and O–H groups in total. The summed E-state index contributed by atoms with van der Waals surface area (Å²) in [4.78, 5) is 12.0. The lowest BCUT2D eigenvalue weighted by molar-refractivity contribution is 0.0904. The number of aliphatic hydroxyl groups is 1. The van der Waals surface area contributed by atoms with E-state index in [0.29, 0.717) is 3.57 Å². The van der Waals surface area contributed by atoms with Crippen LogP contribution in [0.4, 0.5) is 0 Å². The molecule has 17 heavy (non-hydrogen) atoms. The number of hydrogen-bond acceptors (Lipinski definition) is 3. The molecule has 1 aliphatic carbocycles. The summed E-state index contributed by atoms with van der Waals surface area (Å²) in [6.07, 6.45) is 1.58. The molecule has 0 atom stereocenters. The van der Waals surface area contributed by atoms with Crippen LogP contribution in [0.1, 0.15) is 23.2 Å². The Morgan fingerprint density at radius 1 is 1.41 bits per heavy atom. The van der Waals surface area contributed by atoms with E-state index in [-0.39, 0.29) is 23.8 Å². The van der Waals surface area contributed by atoms with Crippen LogP contribution >= 0.6 is 45.2 Å². The minimum Gasteiger partial charge on any atom is -0.506 e. The van der Waals surface area contributed by atoms with E-state index in [9.17, 15) is 9.90 Å². The molecule has 0 radical (unpaired) electrons. The predicted octanol–water partition coefficient (Wildman–Crippen LogP) is 1.86. The lowest BCUT2D eigenvalue weighted by atomic mass is 10.1. The molecule has 1 aromatic rings. The van der Waals surface area contributed by atoms with E-state index in [4.69, 9.17) is 5.11 Å². The third kappa shape index (κ3) is 2.84. The van der Waals surface area contributed by atoms with Crippen molar-refractivity contribution >= 4 is 51.1 Å². The number of carbonyl (C=O) groups is 1. The lowest BCUT2D eigenvalue weighted by Crippen LogP contribution is -2.39. The van der Waals surface area contributed by atoms with Crippen LogP contribution < -0.4 is 5.32 Å². The van der Waals surface area contributed by atoms with E-state index in [1.807, 2.05) is 22.6 Å². The minimum absolute atomic E-state index is 0.00254. The molecule has 0 bridgehead atoms. The first-order valence-corrected chi connectivity index (χ1v) is 7.24. The van der Waals surface area contributed by atoms with Gasteiger partial charge in [-0.25, -0.2) is 0 Å². The molecule has 1 aromatic carbocycles. The Kier molecular flexibility index (Phi) is 3.83. The molecule has 1 amide bonds. The largest absolute Gasteiger partial charge is 0.506 e. The smallest absolute Gasteiger partial charge is 0.255 e. The van der Waals surface area contributed by atoms with Crippen LogP contribution in [-0.2, 0) is 0 Å². The van der Waals surface area contributed by atoms with Gasteiger partial charge in [0.05, 0.1) is 21.3 Å². The molecule has 92 valence electrons. The second-order valence-corrected chi connectivity index (χ2v) is 6.58. The van der Waals surface area contributed by atoms with Gasteiger partial charge in [0, 0.05) is 3.57 Å². The fraction of sp³-hybridized carbons (Fsp3) is 0.364. The van der Waals surface area contributed by atoms with Gasteiger partial charge in [-0.2, -0.15) is 0 Å². The highest BCUT2D eigenvalue weighted by molar-refractivity contribution is 14.1. The molecule has 1 fully saturated rings. The third-order valence-electron chi connectivity index (χ3n) is 2.81. The molecule has 0 aliphatic heterocycles. The van der Waals surface area contributed by atoms with Gasteiger partial charge in [-0.05, 0) is 70.2 Å². The normalized spacial score (nSPS) is 16.6. The number of carbonyl (C=O) groups excluding carboxylic acids is 1. The van der Waals surface area contributed by atoms with Crippen molar-refractivity contribution in [3.05, 3.63) is 24.8 Å². The molecule has 0 aromatic heterocycles. The highest BCUT2D eigenvalue weighted by Crippen LogP contribution is 2.35. The molecule has 2 rings (SSSR count). The Labute approximate surface area is 126 Å². The van der Waals surface area contributed by atoms with Crippen molar-refractivity contribution in [3.63, 3.8) is 0 Å². The Hall–Kier alpha value is -0.0900. The van der Waals surface area contributed by atoms with Crippen molar-refractivity contribution in [2.24, 2.45) is 0 Å².